The molecule has 0 aliphatic carbocycles. The molecule has 0 aliphatic rings. The number of nitrogens with zero attached hydrogens (tertiary/aromatic N) is 1. The van der Waals surface area contributed by atoms with E-state index in [0.717, 1.165) is 10.8 Å². The minimum Gasteiger partial charge on any atom is -0.384 e. The van der Waals surface area contributed by atoms with Crippen LogP contribution in [-0.4, -0.2) is 31.2 Å². The minimum absolute atomic E-state index is 0.148. The van der Waals surface area contributed by atoms with E-state index in [1.807, 2.05) is 31.2 Å². The largest absolute Gasteiger partial charge is 0.384 e. The highest BCUT2D eigenvalue weighted by molar-refractivity contribution is 6.09. The van der Waals surface area contributed by atoms with Crippen molar-refractivity contribution >= 4 is 22.5 Å². The van der Waals surface area contributed by atoms with Gasteiger partial charge in [0.15, 0.2) is 0 Å². The van der Waals surface area contributed by atoms with Crippen LogP contribution in [0.1, 0.15) is 17.3 Å². The van der Waals surface area contributed by atoms with E-state index in [1.165, 1.54) is 6.20 Å². The quantitative estimate of drug-likeness (QED) is 0.554. The molecule has 112 valence electrons. The van der Waals surface area contributed by atoms with Gasteiger partial charge in [-0.1, -0.05) is 31.2 Å². The number of amides is 1. The van der Waals surface area contributed by atoms with Crippen molar-refractivity contribution in [2.45, 2.75) is 6.92 Å². The van der Waals surface area contributed by atoms with E-state index in [9.17, 15) is 4.79 Å². The van der Waals surface area contributed by atoms with Crippen LogP contribution in [0.15, 0.2) is 30.5 Å². The second-order valence-electron chi connectivity index (χ2n) is 4.98. The van der Waals surface area contributed by atoms with E-state index >= 15 is 0 Å². The molecule has 0 aliphatic heterocycles. The van der Waals surface area contributed by atoms with E-state index in [4.69, 9.17) is 10.6 Å². The zero-order valence-corrected chi connectivity index (χ0v) is 12.2. The van der Waals surface area contributed by atoms with Crippen LogP contribution in [0.5, 0.6) is 0 Å². The average Bonchev–Trinajstić information content (AvgIpc) is 2.51. The van der Waals surface area contributed by atoms with E-state index in [-0.39, 0.29) is 11.8 Å². The van der Waals surface area contributed by atoms with Crippen molar-refractivity contribution in [2.24, 2.45) is 11.8 Å². The molecular weight excluding hydrogens is 268 g/mol. The number of aromatic nitrogens is 1. The highest BCUT2D eigenvalue weighted by atomic mass is 16.5. The number of ether oxygens (including phenoxy) is 1. The Labute approximate surface area is 123 Å². The second-order valence-corrected chi connectivity index (χ2v) is 4.98. The molecule has 0 saturated heterocycles. The first-order valence-corrected chi connectivity index (χ1v) is 6.78. The van der Waals surface area contributed by atoms with E-state index in [1.54, 1.807) is 7.11 Å². The molecule has 6 heteroatoms. The van der Waals surface area contributed by atoms with E-state index in [0.29, 0.717) is 24.5 Å². The molecule has 0 fully saturated rings. The average molecular weight is 288 g/mol. The van der Waals surface area contributed by atoms with Gasteiger partial charge in [-0.15, -0.1) is 0 Å². The molecule has 0 radical (unpaired) electrons. The Morgan fingerprint density at radius 1 is 1.38 bits per heavy atom. The molecular formula is C15H20N4O2. The first kappa shape index (κ1) is 15.2. The van der Waals surface area contributed by atoms with Gasteiger partial charge >= 0.3 is 0 Å². The Balaban J connectivity index is 2.24. The molecule has 2 rings (SSSR count). The first-order valence-electron chi connectivity index (χ1n) is 6.78. The lowest BCUT2D eigenvalue weighted by Gasteiger charge is -2.13. The number of anilines is 1. The Morgan fingerprint density at radius 3 is 2.76 bits per heavy atom. The van der Waals surface area contributed by atoms with Crippen molar-refractivity contribution in [1.82, 2.24) is 10.3 Å². The number of carbonyl (C=O) groups is 1. The maximum atomic E-state index is 12.3. The molecule has 1 unspecified atom stereocenters. The van der Waals surface area contributed by atoms with Crippen LogP contribution in [0.25, 0.3) is 10.8 Å². The number of hydrogen-bond donors (Lipinski definition) is 3. The lowest BCUT2D eigenvalue weighted by Crippen LogP contribution is -2.30. The number of rotatable bonds is 6. The zero-order valence-electron chi connectivity index (χ0n) is 12.2. The Bertz CT molecular complexity index is 630. The Morgan fingerprint density at radius 2 is 2.10 bits per heavy atom. The summed E-state index contributed by atoms with van der Waals surface area (Å²) in [6, 6.07) is 7.52. The van der Waals surface area contributed by atoms with Gasteiger partial charge in [0, 0.05) is 25.2 Å². The summed E-state index contributed by atoms with van der Waals surface area (Å²) in [5.41, 5.74) is 3.08. The fraction of sp³-hybridized carbons (Fsp3) is 0.333. The van der Waals surface area contributed by atoms with Crippen LogP contribution in [0.4, 0.5) is 5.82 Å². The number of benzene rings is 1. The normalized spacial score (nSPS) is 12.1. The molecule has 2 aromatic rings. The van der Waals surface area contributed by atoms with Crippen LogP contribution >= 0.6 is 0 Å². The van der Waals surface area contributed by atoms with Gasteiger partial charge in [-0.05, 0) is 11.3 Å². The summed E-state index contributed by atoms with van der Waals surface area (Å²) >= 11 is 0. The number of hydrogen-bond acceptors (Lipinski definition) is 5. The predicted molar refractivity (Wildman–Crippen MR) is 82.9 cm³/mol. The summed E-state index contributed by atoms with van der Waals surface area (Å²) < 4.78 is 5.06. The van der Waals surface area contributed by atoms with Crippen molar-refractivity contribution in [1.29, 1.82) is 0 Å². The van der Waals surface area contributed by atoms with Gasteiger partial charge in [0.2, 0.25) is 0 Å². The topological polar surface area (TPSA) is 89.3 Å². The van der Waals surface area contributed by atoms with E-state index < -0.39 is 0 Å². The Kier molecular flexibility index (Phi) is 5.08. The monoisotopic (exact) mass is 288 g/mol. The SMILES string of the molecule is COCC(C)CNC(=O)c1cnc(NN)c2ccccc12. The number of nitrogen functional groups attached to an aromatic ring is 1. The van der Waals surface area contributed by atoms with Crippen LogP contribution in [0.2, 0.25) is 0 Å². The molecule has 1 aromatic carbocycles. The molecule has 0 saturated carbocycles. The molecule has 21 heavy (non-hydrogen) atoms. The standard InChI is InChI=1S/C15H20N4O2/c1-10(9-21-2)7-18-15(20)13-8-17-14(19-16)12-6-4-3-5-11(12)13/h3-6,8,10H,7,9,16H2,1-2H3,(H,17,19)(H,18,20). The van der Waals surface area contributed by atoms with E-state index in [2.05, 4.69) is 15.7 Å². The van der Waals surface area contributed by atoms with Crippen LogP contribution in [0.3, 0.4) is 0 Å². The summed E-state index contributed by atoms with van der Waals surface area (Å²) in [7, 11) is 1.65. The predicted octanol–water partition coefficient (Wildman–Crippen LogP) is 1.53. The number of pyridine rings is 1. The van der Waals surface area contributed by atoms with Gasteiger partial charge in [0.25, 0.3) is 5.91 Å². The number of hydrazine groups is 1. The lowest BCUT2D eigenvalue weighted by atomic mass is 10.1. The summed E-state index contributed by atoms with van der Waals surface area (Å²) in [4.78, 5) is 16.5. The highest BCUT2D eigenvalue weighted by Crippen LogP contribution is 2.23. The number of fused-ring (bicyclic) bond motifs is 1. The maximum absolute atomic E-state index is 12.3. The third-order valence-corrected chi connectivity index (χ3v) is 3.24. The molecule has 1 atom stereocenters. The molecule has 1 amide bonds. The number of nitrogens with two attached hydrogens (primary N) is 1. The third-order valence-electron chi connectivity index (χ3n) is 3.24. The van der Waals surface area contributed by atoms with Gasteiger partial charge in [0.05, 0.1) is 12.2 Å². The molecule has 0 bridgehead atoms. The van der Waals surface area contributed by atoms with Gasteiger partial charge in [-0.3, -0.25) is 4.79 Å². The number of nitrogens with one attached hydrogen (secondary N) is 2. The van der Waals surface area contributed by atoms with Crippen molar-refractivity contribution in [3.63, 3.8) is 0 Å². The second kappa shape index (κ2) is 7.01. The van der Waals surface area contributed by atoms with Crippen LogP contribution < -0.4 is 16.6 Å². The lowest BCUT2D eigenvalue weighted by molar-refractivity contribution is 0.0935. The number of carbonyl (C=O) groups excluding carboxylic acids is 1. The summed E-state index contributed by atoms with van der Waals surface area (Å²) in [6.45, 7) is 3.18. The zero-order chi connectivity index (χ0) is 15.2. The van der Waals surface area contributed by atoms with Crippen molar-refractivity contribution in [3.05, 3.63) is 36.0 Å². The summed E-state index contributed by atoms with van der Waals surface area (Å²) in [6.07, 6.45) is 1.54. The van der Waals surface area contributed by atoms with Gasteiger partial charge < -0.3 is 15.5 Å². The summed E-state index contributed by atoms with van der Waals surface area (Å²) in [5, 5.41) is 4.54. The van der Waals surface area contributed by atoms with Gasteiger partial charge in [0.1, 0.15) is 5.82 Å². The molecule has 0 spiro atoms. The number of methoxy groups -OCH3 is 1. The molecule has 6 nitrogen and oxygen atoms in total. The van der Waals surface area contributed by atoms with Crippen LogP contribution in [-0.2, 0) is 4.74 Å². The van der Waals surface area contributed by atoms with Crippen LogP contribution in [0, 0.1) is 5.92 Å². The summed E-state index contributed by atoms with van der Waals surface area (Å²) in [5.74, 6) is 6.10. The molecule has 1 heterocycles. The highest BCUT2D eigenvalue weighted by Gasteiger charge is 2.13. The smallest absolute Gasteiger partial charge is 0.253 e. The van der Waals surface area contributed by atoms with Crippen molar-refractivity contribution in [3.8, 4) is 0 Å². The first-order chi connectivity index (χ1) is 10.2. The molecule has 1 aromatic heterocycles. The molecule has 4 N–H and O–H groups in total. The maximum Gasteiger partial charge on any atom is 0.253 e. The minimum atomic E-state index is -0.148. The van der Waals surface area contributed by atoms with Crippen molar-refractivity contribution in [2.75, 3.05) is 25.7 Å². The van der Waals surface area contributed by atoms with Crippen molar-refractivity contribution < 1.29 is 9.53 Å². The fourth-order valence-corrected chi connectivity index (χ4v) is 2.19. The van der Waals surface area contributed by atoms with Gasteiger partial charge in [-0.2, -0.15) is 0 Å². The third kappa shape index (κ3) is 3.48. The fourth-order valence-electron chi connectivity index (χ4n) is 2.19. The Hall–Kier alpha value is -2.18. The van der Waals surface area contributed by atoms with Gasteiger partial charge in [-0.25, -0.2) is 10.8 Å².